The standard InChI is InChI=1S/C29H26FN3O4/c1-2-27(34)33-15-14-19-10-13-23(16-24(19)28(33)20-8-11-21(30)12-9-20)36-18-26-32-25(17-37-26)29(35)31-22-6-4-3-5-7-22/h3-13,16-17,28H,2,14-15,18H2,1H3,(H,31,35). The molecule has 0 spiro atoms. The highest BCUT2D eigenvalue weighted by molar-refractivity contribution is 6.02. The summed E-state index contributed by atoms with van der Waals surface area (Å²) in [6.45, 7) is 2.45. The molecule has 7 nitrogen and oxygen atoms in total. The number of amides is 2. The maximum atomic E-state index is 13.6. The Balaban J connectivity index is 1.33. The van der Waals surface area contributed by atoms with E-state index in [0.717, 1.165) is 23.1 Å². The zero-order valence-corrected chi connectivity index (χ0v) is 20.3. The fourth-order valence-corrected chi connectivity index (χ4v) is 4.50. The molecule has 0 fully saturated rings. The Kier molecular flexibility index (Phi) is 6.98. The van der Waals surface area contributed by atoms with Crippen LogP contribution in [0.4, 0.5) is 10.1 Å². The Bertz CT molecular complexity index is 1400. The number of fused-ring (bicyclic) bond motifs is 1. The third kappa shape index (κ3) is 5.38. The first kappa shape index (κ1) is 24.2. The summed E-state index contributed by atoms with van der Waals surface area (Å²) in [6, 6.07) is 20.8. The molecule has 37 heavy (non-hydrogen) atoms. The van der Waals surface area contributed by atoms with Crippen LogP contribution in [-0.4, -0.2) is 28.2 Å². The number of ether oxygens (including phenoxy) is 1. The van der Waals surface area contributed by atoms with Crippen molar-refractivity contribution in [2.24, 2.45) is 0 Å². The highest BCUT2D eigenvalue weighted by atomic mass is 19.1. The third-order valence-corrected chi connectivity index (χ3v) is 6.33. The van der Waals surface area contributed by atoms with Crippen LogP contribution in [0.5, 0.6) is 5.75 Å². The molecule has 2 heterocycles. The zero-order chi connectivity index (χ0) is 25.8. The van der Waals surface area contributed by atoms with Crippen LogP contribution >= 0.6 is 0 Å². The highest BCUT2D eigenvalue weighted by Gasteiger charge is 2.31. The van der Waals surface area contributed by atoms with Gasteiger partial charge in [0.2, 0.25) is 11.8 Å². The normalized spacial score (nSPS) is 14.6. The van der Waals surface area contributed by atoms with Gasteiger partial charge in [-0.3, -0.25) is 9.59 Å². The first-order valence-electron chi connectivity index (χ1n) is 12.1. The maximum Gasteiger partial charge on any atom is 0.277 e. The lowest BCUT2D eigenvalue weighted by Crippen LogP contribution is -2.40. The number of halogens is 1. The zero-order valence-electron chi connectivity index (χ0n) is 20.3. The molecule has 3 aromatic carbocycles. The van der Waals surface area contributed by atoms with E-state index >= 15 is 0 Å². The average molecular weight is 500 g/mol. The van der Waals surface area contributed by atoms with Crippen LogP contribution in [0.3, 0.4) is 0 Å². The summed E-state index contributed by atoms with van der Waals surface area (Å²) in [4.78, 5) is 31.3. The van der Waals surface area contributed by atoms with Crippen molar-refractivity contribution in [1.82, 2.24) is 9.88 Å². The van der Waals surface area contributed by atoms with Gasteiger partial charge in [-0.05, 0) is 59.5 Å². The molecule has 1 aliphatic rings. The second kappa shape index (κ2) is 10.7. The largest absolute Gasteiger partial charge is 0.484 e. The van der Waals surface area contributed by atoms with Crippen molar-refractivity contribution in [2.75, 3.05) is 11.9 Å². The molecule has 1 aromatic heterocycles. The number of hydrogen-bond donors (Lipinski definition) is 1. The van der Waals surface area contributed by atoms with Crippen molar-refractivity contribution < 1.29 is 23.1 Å². The van der Waals surface area contributed by atoms with Gasteiger partial charge >= 0.3 is 0 Å². The SMILES string of the molecule is CCC(=O)N1CCc2ccc(OCc3nc(C(=O)Nc4ccccc4)co3)cc2C1c1ccc(F)cc1. The van der Waals surface area contributed by atoms with Gasteiger partial charge in [0.15, 0.2) is 12.3 Å². The van der Waals surface area contributed by atoms with E-state index in [0.29, 0.717) is 24.4 Å². The van der Waals surface area contributed by atoms with E-state index in [1.807, 2.05) is 48.2 Å². The number of aromatic nitrogens is 1. The summed E-state index contributed by atoms with van der Waals surface area (Å²) < 4.78 is 25.0. The van der Waals surface area contributed by atoms with Crippen molar-refractivity contribution in [3.05, 3.63) is 113 Å². The molecule has 1 atom stereocenters. The molecule has 8 heteroatoms. The second-order valence-electron chi connectivity index (χ2n) is 8.74. The summed E-state index contributed by atoms with van der Waals surface area (Å²) in [5, 5.41) is 2.76. The Hall–Kier alpha value is -4.46. The molecular weight excluding hydrogens is 473 g/mol. The van der Waals surface area contributed by atoms with Crippen LogP contribution in [0, 0.1) is 5.82 Å². The summed E-state index contributed by atoms with van der Waals surface area (Å²) in [5.74, 6) is 0.164. The number of carbonyl (C=O) groups is 2. The molecule has 2 amide bonds. The van der Waals surface area contributed by atoms with Gasteiger partial charge in [-0.15, -0.1) is 0 Å². The Morgan fingerprint density at radius 1 is 1.11 bits per heavy atom. The van der Waals surface area contributed by atoms with E-state index in [1.165, 1.54) is 18.4 Å². The summed E-state index contributed by atoms with van der Waals surface area (Å²) >= 11 is 0. The Morgan fingerprint density at radius 2 is 1.89 bits per heavy atom. The number of para-hydroxylation sites is 1. The lowest BCUT2D eigenvalue weighted by Gasteiger charge is -2.38. The van der Waals surface area contributed by atoms with Crippen molar-refractivity contribution in [2.45, 2.75) is 32.4 Å². The van der Waals surface area contributed by atoms with Gasteiger partial charge in [-0.25, -0.2) is 9.37 Å². The number of rotatable bonds is 7. The smallest absolute Gasteiger partial charge is 0.277 e. The van der Waals surface area contributed by atoms with E-state index in [4.69, 9.17) is 9.15 Å². The molecule has 0 bridgehead atoms. The first-order valence-corrected chi connectivity index (χ1v) is 12.1. The van der Waals surface area contributed by atoms with Crippen LogP contribution in [0.25, 0.3) is 0 Å². The van der Waals surface area contributed by atoms with Gasteiger partial charge in [0.05, 0.1) is 6.04 Å². The topological polar surface area (TPSA) is 84.7 Å². The fourth-order valence-electron chi connectivity index (χ4n) is 4.50. The van der Waals surface area contributed by atoms with Gasteiger partial charge in [-0.2, -0.15) is 0 Å². The van der Waals surface area contributed by atoms with Gasteiger partial charge in [0, 0.05) is 18.7 Å². The Morgan fingerprint density at radius 3 is 2.65 bits per heavy atom. The molecule has 188 valence electrons. The molecule has 0 radical (unpaired) electrons. The monoisotopic (exact) mass is 499 g/mol. The minimum atomic E-state index is -0.377. The fraction of sp³-hybridized carbons (Fsp3) is 0.207. The van der Waals surface area contributed by atoms with Crippen LogP contribution < -0.4 is 10.1 Å². The van der Waals surface area contributed by atoms with Crippen LogP contribution in [0.1, 0.15) is 52.5 Å². The summed E-state index contributed by atoms with van der Waals surface area (Å²) in [6.07, 6.45) is 2.40. The lowest BCUT2D eigenvalue weighted by molar-refractivity contribution is -0.132. The number of nitrogens with zero attached hydrogens (tertiary/aromatic N) is 2. The molecule has 1 unspecified atom stereocenters. The second-order valence-corrected chi connectivity index (χ2v) is 8.74. The summed E-state index contributed by atoms with van der Waals surface area (Å²) in [7, 11) is 0. The van der Waals surface area contributed by atoms with E-state index in [1.54, 1.807) is 24.3 Å². The molecule has 0 saturated carbocycles. The van der Waals surface area contributed by atoms with Crippen molar-refractivity contribution >= 4 is 17.5 Å². The third-order valence-electron chi connectivity index (χ3n) is 6.33. The minimum Gasteiger partial charge on any atom is -0.484 e. The van der Waals surface area contributed by atoms with E-state index < -0.39 is 0 Å². The predicted octanol–water partition coefficient (Wildman–Crippen LogP) is 5.53. The predicted molar refractivity (Wildman–Crippen MR) is 136 cm³/mol. The first-order chi connectivity index (χ1) is 18.0. The molecule has 0 saturated heterocycles. The van der Waals surface area contributed by atoms with Gasteiger partial charge in [-0.1, -0.05) is 43.3 Å². The Labute approximate surface area is 213 Å². The number of anilines is 1. The number of nitrogens with one attached hydrogen (secondary N) is 1. The average Bonchev–Trinajstić information content (AvgIpc) is 3.41. The van der Waals surface area contributed by atoms with E-state index in [9.17, 15) is 14.0 Å². The molecule has 1 aliphatic heterocycles. The van der Waals surface area contributed by atoms with Crippen LogP contribution in [0.15, 0.2) is 83.5 Å². The molecule has 5 rings (SSSR count). The number of benzene rings is 3. The van der Waals surface area contributed by atoms with Crippen molar-refractivity contribution in [3.8, 4) is 5.75 Å². The van der Waals surface area contributed by atoms with Gasteiger partial charge in [0.25, 0.3) is 5.91 Å². The minimum absolute atomic E-state index is 0.0240. The highest BCUT2D eigenvalue weighted by Crippen LogP contribution is 2.37. The van der Waals surface area contributed by atoms with E-state index in [-0.39, 0.29) is 41.9 Å². The van der Waals surface area contributed by atoms with Crippen molar-refractivity contribution in [1.29, 1.82) is 0 Å². The lowest BCUT2D eigenvalue weighted by atomic mass is 9.87. The van der Waals surface area contributed by atoms with Gasteiger partial charge in [0.1, 0.15) is 17.8 Å². The maximum absolute atomic E-state index is 13.6. The molecule has 4 aromatic rings. The van der Waals surface area contributed by atoms with Crippen molar-refractivity contribution in [3.63, 3.8) is 0 Å². The van der Waals surface area contributed by atoms with Gasteiger partial charge < -0.3 is 19.4 Å². The van der Waals surface area contributed by atoms with E-state index in [2.05, 4.69) is 10.3 Å². The molecular formula is C29H26FN3O4. The quantitative estimate of drug-likeness (QED) is 0.362. The number of oxazole rings is 1. The van der Waals surface area contributed by atoms with Crippen LogP contribution in [0.2, 0.25) is 0 Å². The summed E-state index contributed by atoms with van der Waals surface area (Å²) in [5.41, 5.74) is 3.69. The number of carbonyl (C=O) groups excluding carboxylic acids is 2. The molecule has 1 N–H and O–H groups in total. The van der Waals surface area contributed by atoms with Crippen LogP contribution in [-0.2, 0) is 17.8 Å². The number of hydrogen-bond acceptors (Lipinski definition) is 5. The molecule has 0 aliphatic carbocycles.